The molecule has 1 fully saturated rings. The van der Waals surface area contributed by atoms with Crippen LogP contribution >= 0.6 is 0 Å². The van der Waals surface area contributed by atoms with Crippen molar-refractivity contribution in [1.29, 1.82) is 0 Å². The number of fused-ring (bicyclic) bond motifs is 9. The van der Waals surface area contributed by atoms with Gasteiger partial charge in [0.1, 0.15) is 0 Å². The minimum Gasteiger partial charge on any atom is -0.309 e. The van der Waals surface area contributed by atoms with Crippen LogP contribution in [-0.2, 0) is 10.8 Å². The van der Waals surface area contributed by atoms with Gasteiger partial charge >= 0.3 is 0 Å². The van der Waals surface area contributed by atoms with Crippen molar-refractivity contribution in [2.24, 2.45) is 0 Å². The zero-order valence-electron chi connectivity index (χ0n) is 28.5. The lowest BCUT2D eigenvalue weighted by Crippen LogP contribution is -2.22. The van der Waals surface area contributed by atoms with Gasteiger partial charge in [-0.2, -0.15) is 0 Å². The molecule has 4 aliphatic carbocycles. The highest BCUT2D eigenvalue weighted by atomic mass is 15.1. The molecule has 10 rings (SSSR count). The van der Waals surface area contributed by atoms with E-state index in [9.17, 15) is 0 Å². The van der Waals surface area contributed by atoms with E-state index in [1.54, 1.807) is 11.1 Å². The Morgan fingerprint density at radius 2 is 1.24 bits per heavy atom. The third kappa shape index (κ3) is 4.12. The van der Waals surface area contributed by atoms with Crippen molar-refractivity contribution in [3.8, 4) is 22.3 Å². The Balaban J connectivity index is 1.27. The quantitative estimate of drug-likeness (QED) is 0.187. The Morgan fingerprint density at radius 3 is 2.08 bits per heavy atom. The maximum Gasteiger partial charge on any atom is 0.0621 e. The van der Waals surface area contributed by atoms with Crippen LogP contribution < -0.4 is 4.90 Å². The van der Waals surface area contributed by atoms with Gasteiger partial charge in [-0.25, -0.2) is 0 Å². The average molecular weight is 632 g/mol. The number of hydrogen-bond acceptors (Lipinski definition) is 1. The number of rotatable bonds is 4. The van der Waals surface area contributed by atoms with E-state index in [-0.39, 0.29) is 10.8 Å². The molecule has 0 aromatic heterocycles. The van der Waals surface area contributed by atoms with E-state index < -0.39 is 0 Å². The van der Waals surface area contributed by atoms with E-state index in [1.165, 1.54) is 104 Å². The second kappa shape index (κ2) is 10.7. The second-order valence-corrected chi connectivity index (χ2v) is 15.1. The third-order valence-electron chi connectivity index (χ3n) is 12.2. The SMILES string of the molecule is CC1(C)c2ccccc2-c2c1cc1ccccc1c2N(c1ccc(-c2ccccc2)cc1)c1ccc2c(c1)C1(CCCC1)C1=CCCC=C12. The maximum atomic E-state index is 2.60. The van der Waals surface area contributed by atoms with E-state index >= 15 is 0 Å². The maximum absolute atomic E-state index is 2.60. The topological polar surface area (TPSA) is 3.24 Å². The van der Waals surface area contributed by atoms with E-state index in [1.807, 2.05) is 0 Å². The molecule has 4 aliphatic rings. The molecule has 0 atom stereocenters. The molecule has 1 saturated carbocycles. The molecule has 1 spiro atoms. The van der Waals surface area contributed by atoms with Crippen LogP contribution in [0, 0.1) is 0 Å². The molecule has 238 valence electrons. The first-order chi connectivity index (χ1) is 24.0. The molecule has 0 radical (unpaired) electrons. The molecule has 6 aromatic rings. The Bertz CT molecular complexity index is 2350. The summed E-state index contributed by atoms with van der Waals surface area (Å²) in [5, 5.41) is 2.58. The summed E-state index contributed by atoms with van der Waals surface area (Å²) in [6.45, 7) is 4.80. The Hall–Kier alpha value is -5.14. The zero-order valence-corrected chi connectivity index (χ0v) is 28.5. The molecule has 0 saturated heterocycles. The second-order valence-electron chi connectivity index (χ2n) is 15.1. The molecule has 0 bridgehead atoms. The highest BCUT2D eigenvalue weighted by molar-refractivity contribution is 6.10. The van der Waals surface area contributed by atoms with Crippen molar-refractivity contribution in [2.75, 3.05) is 4.90 Å². The lowest BCUT2D eigenvalue weighted by Gasteiger charge is -2.32. The highest BCUT2D eigenvalue weighted by Crippen LogP contribution is 2.61. The van der Waals surface area contributed by atoms with E-state index in [0.717, 1.165) is 6.42 Å². The minimum atomic E-state index is -0.103. The number of benzene rings is 6. The molecule has 0 aliphatic heterocycles. The fourth-order valence-corrected chi connectivity index (χ4v) is 9.91. The van der Waals surface area contributed by atoms with Crippen molar-refractivity contribution >= 4 is 33.4 Å². The molecule has 6 aromatic carbocycles. The summed E-state index contributed by atoms with van der Waals surface area (Å²) in [6.07, 6.45) is 12.5. The predicted octanol–water partition coefficient (Wildman–Crippen LogP) is 13.2. The van der Waals surface area contributed by atoms with Crippen molar-refractivity contribution in [1.82, 2.24) is 0 Å². The minimum absolute atomic E-state index is 0.103. The van der Waals surface area contributed by atoms with Crippen LogP contribution in [0.2, 0.25) is 0 Å². The van der Waals surface area contributed by atoms with Crippen LogP contribution in [0.25, 0.3) is 38.6 Å². The smallest absolute Gasteiger partial charge is 0.0621 e. The molecule has 0 unspecified atom stereocenters. The predicted molar refractivity (Wildman–Crippen MR) is 207 cm³/mol. The molecule has 1 heteroatoms. The Labute approximate surface area is 290 Å². The summed E-state index contributed by atoms with van der Waals surface area (Å²) in [4.78, 5) is 2.60. The van der Waals surface area contributed by atoms with Crippen LogP contribution in [0.5, 0.6) is 0 Å². The summed E-state index contributed by atoms with van der Waals surface area (Å²) in [6, 6.07) is 48.1. The van der Waals surface area contributed by atoms with Gasteiger partial charge in [0.2, 0.25) is 0 Å². The average Bonchev–Trinajstić information content (AvgIpc) is 3.82. The van der Waals surface area contributed by atoms with Crippen molar-refractivity contribution < 1.29 is 0 Å². The number of allylic oxidation sites excluding steroid dienone is 4. The standard InChI is InChI=1S/C48H41N/c1-47(2)41-20-10-9-19-40(41)45-44(47)30-34-16-6-7-17-37(34)46(45)49(35-24-22-33(23-25-35)32-14-4-3-5-15-32)36-26-27-39-38-18-8-11-21-42(38)48(43(39)31-36)28-12-13-29-48/h3-7,9-10,14-27,30-31H,8,11-13,28-29H2,1-2H3. The molecular formula is C48H41N. The van der Waals surface area contributed by atoms with E-state index in [4.69, 9.17) is 0 Å². The summed E-state index contributed by atoms with van der Waals surface area (Å²) in [5.41, 5.74) is 17.9. The van der Waals surface area contributed by atoms with Gasteiger partial charge in [-0.15, -0.1) is 0 Å². The van der Waals surface area contributed by atoms with Gasteiger partial charge in [-0.1, -0.05) is 136 Å². The first-order valence-corrected chi connectivity index (χ1v) is 18.2. The van der Waals surface area contributed by atoms with Crippen LogP contribution in [0.3, 0.4) is 0 Å². The van der Waals surface area contributed by atoms with Crippen LogP contribution in [0.15, 0.2) is 145 Å². The van der Waals surface area contributed by atoms with Crippen LogP contribution in [-0.4, -0.2) is 0 Å². The Kier molecular flexibility index (Phi) is 6.28. The lowest BCUT2D eigenvalue weighted by atomic mass is 9.75. The molecule has 0 amide bonds. The van der Waals surface area contributed by atoms with Gasteiger partial charge in [0.25, 0.3) is 0 Å². The van der Waals surface area contributed by atoms with Gasteiger partial charge in [-0.05, 0) is 111 Å². The van der Waals surface area contributed by atoms with Gasteiger partial charge < -0.3 is 4.90 Å². The number of anilines is 3. The lowest BCUT2D eigenvalue weighted by molar-refractivity contribution is 0.546. The molecule has 49 heavy (non-hydrogen) atoms. The van der Waals surface area contributed by atoms with E-state index in [0.29, 0.717) is 0 Å². The summed E-state index contributed by atoms with van der Waals surface area (Å²) in [5.74, 6) is 0. The van der Waals surface area contributed by atoms with Gasteiger partial charge in [0, 0.05) is 33.2 Å². The van der Waals surface area contributed by atoms with Crippen molar-refractivity contribution in [2.45, 2.75) is 63.2 Å². The fourth-order valence-electron chi connectivity index (χ4n) is 9.91. The Morgan fingerprint density at radius 1 is 0.551 bits per heavy atom. The summed E-state index contributed by atoms with van der Waals surface area (Å²) in [7, 11) is 0. The van der Waals surface area contributed by atoms with Crippen molar-refractivity contribution in [3.05, 3.63) is 167 Å². The summed E-state index contributed by atoms with van der Waals surface area (Å²) >= 11 is 0. The van der Waals surface area contributed by atoms with E-state index in [2.05, 4.69) is 158 Å². The van der Waals surface area contributed by atoms with Crippen LogP contribution in [0.1, 0.15) is 74.6 Å². The molecule has 0 heterocycles. The monoisotopic (exact) mass is 631 g/mol. The number of nitrogens with zero attached hydrogens (tertiary/aromatic N) is 1. The molecule has 1 nitrogen and oxygen atoms in total. The largest absolute Gasteiger partial charge is 0.309 e. The third-order valence-corrected chi connectivity index (χ3v) is 12.2. The highest BCUT2D eigenvalue weighted by Gasteiger charge is 2.48. The van der Waals surface area contributed by atoms with Gasteiger partial charge in [0.15, 0.2) is 0 Å². The fraction of sp³-hybridized carbons (Fsp3) is 0.208. The zero-order chi connectivity index (χ0) is 32.7. The van der Waals surface area contributed by atoms with Gasteiger partial charge in [-0.3, -0.25) is 0 Å². The van der Waals surface area contributed by atoms with Gasteiger partial charge in [0.05, 0.1) is 5.69 Å². The summed E-state index contributed by atoms with van der Waals surface area (Å²) < 4.78 is 0. The first-order valence-electron chi connectivity index (χ1n) is 18.2. The normalized spacial score (nSPS) is 17.7. The van der Waals surface area contributed by atoms with Crippen molar-refractivity contribution in [3.63, 3.8) is 0 Å². The van der Waals surface area contributed by atoms with Crippen LogP contribution in [0.4, 0.5) is 17.1 Å². The molecule has 0 N–H and O–H groups in total. The number of hydrogen-bond donors (Lipinski definition) is 0. The first kappa shape index (κ1) is 28.8. The molecular weight excluding hydrogens is 591 g/mol.